The van der Waals surface area contributed by atoms with Crippen molar-refractivity contribution in [2.24, 2.45) is 0 Å². The molecule has 1 saturated heterocycles. The average Bonchev–Trinajstić information content (AvgIpc) is 3.46. The number of benzene rings is 2. The first kappa shape index (κ1) is 21.7. The van der Waals surface area contributed by atoms with Crippen molar-refractivity contribution < 1.29 is 14.3 Å². The molecule has 31 heavy (non-hydrogen) atoms. The van der Waals surface area contributed by atoms with E-state index in [-0.39, 0.29) is 24.4 Å². The summed E-state index contributed by atoms with van der Waals surface area (Å²) in [5, 5.41) is 12.7. The smallest absolute Gasteiger partial charge is 0.230 e. The van der Waals surface area contributed by atoms with Gasteiger partial charge >= 0.3 is 0 Å². The number of hydrogen-bond donors (Lipinski definition) is 1. The molecular formula is C22H23ClN4O3S. The van der Waals surface area contributed by atoms with Gasteiger partial charge in [-0.05, 0) is 37.1 Å². The molecule has 1 aromatic heterocycles. The Morgan fingerprint density at radius 1 is 1.19 bits per heavy atom. The number of hydrogen-bond acceptors (Lipinski definition) is 6. The molecule has 2 aromatic carbocycles. The Bertz CT molecular complexity index is 1010. The molecule has 1 aliphatic rings. The molecular weight excluding hydrogens is 436 g/mol. The van der Waals surface area contributed by atoms with E-state index < -0.39 is 0 Å². The average molecular weight is 459 g/mol. The first-order chi connectivity index (χ1) is 15.2. The number of thioether (sulfide) groups is 1. The molecule has 3 aromatic rings. The van der Waals surface area contributed by atoms with Gasteiger partial charge in [-0.3, -0.25) is 9.36 Å². The highest BCUT2D eigenvalue weighted by atomic mass is 35.5. The van der Waals surface area contributed by atoms with Crippen LogP contribution in [-0.2, 0) is 16.1 Å². The van der Waals surface area contributed by atoms with Crippen LogP contribution in [0.1, 0.15) is 18.7 Å². The third-order valence-electron chi connectivity index (χ3n) is 4.79. The topological polar surface area (TPSA) is 78.3 Å². The molecule has 1 fully saturated rings. The van der Waals surface area contributed by atoms with Crippen molar-refractivity contribution >= 4 is 29.3 Å². The SMILES string of the molecule is O=C(CSc1nnc(COc2ccccc2Cl)n1-c1ccccc1)NC[C@H]1CCCO1. The first-order valence-electron chi connectivity index (χ1n) is 10.1. The fraction of sp³-hybridized carbons (Fsp3) is 0.318. The van der Waals surface area contributed by atoms with Crippen LogP contribution < -0.4 is 10.1 Å². The van der Waals surface area contributed by atoms with Gasteiger partial charge in [0, 0.05) is 18.8 Å². The van der Waals surface area contributed by atoms with Crippen LogP contribution in [0.4, 0.5) is 0 Å². The molecule has 7 nitrogen and oxygen atoms in total. The second-order valence-electron chi connectivity index (χ2n) is 7.02. The number of amides is 1. The van der Waals surface area contributed by atoms with Gasteiger partial charge in [-0.2, -0.15) is 0 Å². The van der Waals surface area contributed by atoms with E-state index >= 15 is 0 Å². The van der Waals surface area contributed by atoms with Gasteiger partial charge in [-0.1, -0.05) is 53.7 Å². The van der Waals surface area contributed by atoms with Crippen molar-refractivity contribution in [1.82, 2.24) is 20.1 Å². The van der Waals surface area contributed by atoms with Crippen molar-refractivity contribution in [3.8, 4) is 11.4 Å². The fourth-order valence-corrected chi connectivity index (χ4v) is 4.23. The van der Waals surface area contributed by atoms with Crippen LogP contribution >= 0.6 is 23.4 Å². The highest BCUT2D eigenvalue weighted by molar-refractivity contribution is 7.99. The molecule has 0 bridgehead atoms. The molecule has 162 valence electrons. The van der Waals surface area contributed by atoms with E-state index in [4.69, 9.17) is 21.1 Å². The minimum Gasteiger partial charge on any atom is -0.484 e. The monoisotopic (exact) mass is 458 g/mol. The van der Waals surface area contributed by atoms with E-state index in [1.54, 1.807) is 12.1 Å². The van der Waals surface area contributed by atoms with E-state index in [2.05, 4.69) is 15.5 Å². The maximum atomic E-state index is 12.3. The predicted molar refractivity (Wildman–Crippen MR) is 120 cm³/mol. The third kappa shape index (κ3) is 5.78. The molecule has 0 unspecified atom stereocenters. The Balaban J connectivity index is 1.44. The summed E-state index contributed by atoms with van der Waals surface area (Å²) < 4.78 is 13.3. The van der Waals surface area contributed by atoms with Gasteiger partial charge in [0.2, 0.25) is 5.91 Å². The zero-order chi connectivity index (χ0) is 21.5. The Hall–Kier alpha value is -2.55. The van der Waals surface area contributed by atoms with Crippen molar-refractivity contribution in [3.05, 3.63) is 65.4 Å². The molecule has 0 radical (unpaired) electrons. The lowest BCUT2D eigenvalue weighted by atomic mass is 10.2. The summed E-state index contributed by atoms with van der Waals surface area (Å²) in [4.78, 5) is 12.3. The number of carbonyl (C=O) groups is 1. The van der Waals surface area contributed by atoms with E-state index in [9.17, 15) is 4.79 Å². The Morgan fingerprint density at radius 2 is 2.00 bits per heavy atom. The molecule has 2 heterocycles. The van der Waals surface area contributed by atoms with Crippen LogP contribution in [0.15, 0.2) is 59.8 Å². The number of rotatable bonds is 9. The largest absolute Gasteiger partial charge is 0.484 e. The molecule has 9 heteroatoms. The molecule has 1 atom stereocenters. The van der Waals surface area contributed by atoms with Crippen LogP contribution in [0.5, 0.6) is 5.75 Å². The van der Waals surface area contributed by atoms with Gasteiger partial charge in [-0.25, -0.2) is 0 Å². The summed E-state index contributed by atoms with van der Waals surface area (Å²) in [6, 6.07) is 17.0. The highest BCUT2D eigenvalue weighted by Gasteiger charge is 2.19. The van der Waals surface area contributed by atoms with Crippen LogP contribution in [0.2, 0.25) is 5.02 Å². The number of halogens is 1. The number of aromatic nitrogens is 3. The lowest BCUT2D eigenvalue weighted by Crippen LogP contribution is -2.32. The Kier molecular flexibility index (Phi) is 7.45. The van der Waals surface area contributed by atoms with Gasteiger partial charge in [0.15, 0.2) is 11.0 Å². The number of nitrogens with one attached hydrogen (secondary N) is 1. The van der Waals surface area contributed by atoms with Gasteiger partial charge in [0.05, 0.1) is 16.9 Å². The minimum atomic E-state index is -0.0584. The molecule has 0 aliphatic carbocycles. The van der Waals surface area contributed by atoms with E-state index in [1.807, 2.05) is 47.0 Å². The molecule has 1 amide bonds. The fourth-order valence-electron chi connectivity index (χ4n) is 3.24. The molecule has 4 rings (SSSR count). The van der Waals surface area contributed by atoms with Crippen LogP contribution in [0.3, 0.4) is 0 Å². The lowest BCUT2D eigenvalue weighted by molar-refractivity contribution is -0.119. The van der Waals surface area contributed by atoms with Gasteiger partial charge in [0.25, 0.3) is 0 Å². The summed E-state index contributed by atoms with van der Waals surface area (Å²) in [6.45, 7) is 1.51. The van der Waals surface area contributed by atoms with Crippen LogP contribution in [0.25, 0.3) is 5.69 Å². The van der Waals surface area contributed by atoms with Crippen molar-refractivity contribution in [2.45, 2.75) is 30.7 Å². The van der Waals surface area contributed by atoms with Gasteiger partial charge in [-0.15, -0.1) is 10.2 Å². The molecule has 1 aliphatic heterocycles. The quantitative estimate of drug-likeness (QED) is 0.490. The van der Waals surface area contributed by atoms with E-state index in [1.165, 1.54) is 11.8 Å². The van der Waals surface area contributed by atoms with E-state index in [0.29, 0.717) is 28.3 Å². The third-order valence-corrected chi connectivity index (χ3v) is 6.03. The predicted octanol–water partition coefficient (Wildman–Crippen LogP) is 3.89. The maximum absolute atomic E-state index is 12.3. The van der Waals surface area contributed by atoms with Crippen LogP contribution in [-0.4, -0.2) is 45.7 Å². The number of ether oxygens (including phenoxy) is 2. The minimum absolute atomic E-state index is 0.0584. The Labute approximate surface area is 190 Å². The standard InChI is InChI=1S/C22H23ClN4O3S/c23-18-10-4-5-11-19(18)30-14-20-25-26-22(27(20)16-7-2-1-3-8-16)31-15-21(28)24-13-17-9-6-12-29-17/h1-5,7-8,10-11,17H,6,9,12-15H2,(H,24,28)/t17-/m1/s1. The molecule has 0 saturated carbocycles. The normalized spacial score (nSPS) is 15.7. The summed E-state index contributed by atoms with van der Waals surface area (Å²) in [5.74, 6) is 1.38. The van der Waals surface area contributed by atoms with Crippen LogP contribution in [0, 0.1) is 0 Å². The summed E-state index contributed by atoms with van der Waals surface area (Å²) in [7, 11) is 0. The summed E-state index contributed by atoms with van der Waals surface area (Å²) in [5.41, 5.74) is 0.896. The summed E-state index contributed by atoms with van der Waals surface area (Å²) >= 11 is 7.52. The number of nitrogens with zero attached hydrogens (tertiary/aromatic N) is 3. The second kappa shape index (κ2) is 10.7. The number of para-hydroxylation sites is 2. The first-order valence-corrected chi connectivity index (χ1v) is 11.4. The lowest BCUT2D eigenvalue weighted by Gasteiger charge is -2.12. The zero-order valence-corrected chi connectivity index (χ0v) is 18.4. The van der Waals surface area contributed by atoms with Gasteiger partial charge in [0.1, 0.15) is 12.4 Å². The molecule has 1 N–H and O–H groups in total. The molecule has 0 spiro atoms. The van der Waals surface area contributed by atoms with Gasteiger partial charge < -0.3 is 14.8 Å². The van der Waals surface area contributed by atoms with E-state index in [0.717, 1.165) is 25.1 Å². The zero-order valence-electron chi connectivity index (χ0n) is 16.9. The number of carbonyl (C=O) groups excluding carboxylic acids is 1. The maximum Gasteiger partial charge on any atom is 0.230 e. The van der Waals surface area contributed by atoms with Crippen molar-refractivity contribution in [1.29, 1.82) is 0 Å². The second-order valence-corrected chi connectivity index (χ2v) is 8.37. The highest BCUT2D eigenvalue weighted by Crippen LogP contribution is 2.26. The Morgan fingerprint density at radius 3 is 2.77 bits per heavy atom. The van der Waals surface area contributed by atoms with Crippen molar-refractivity contribution in [3.63, 3.8) is 0 Å². The summed E-state index contributed by atoms with van der Waals surface area (Å²) in [6.07, 6.45) is 2.16. The van der Waals surface area contributed by atoms with Crippen molar-refractivity contribution in [2.75, 3.05) is 18.9 Å².